The van der Waals surface area contributed by atoms with Crippen molar-refractivity contribution >= 4 is 17.9 Å². The van der Waals surface area contributed by atoms with Gasteiger partial charge in [-0.3, -0.25) is 14.4 Å². The highest BCUT2D eigenvalue weighted by molar-refractivity contribution is 5.71. The topological polar surface area (TPSA) is 78.9 Å². The predicted molar refractivity (Wildman–Crippen MR) is 320 cm³/mol. The first kappa shape index (κ1) is 69.0. The average molecular weight is 1020 g/mol. The molecule has 414 valence electrons. The Morgan fingerprint density at radius 2 is 0.554 bits per heavy atom. The first-order valence-corrected chi connectivity index (χ1v) is 29.5. The maximum atomic E-state index is 12.8. The zero-order valence-corrected chi connectivity index (χ0v) is 47.3. The van der Waals surface area contributed by atoms with Crippen LogP contribution in [0.25, 0.3) is 0 Å². The van der Waals surface area contributed by atoms with Crippen molar-refractivity contribution in [2.24, 2.45) is 0 Å². The van der Waals surface area contributed by atoms with E-state index in [4.69, 9.17) is 14.2 Å². The van der Waals surface area contributed by atoms with E-state index >= 15 is 0 Å². The van der Waals surface area contributed by atoms with Crippen molar-refractivity contribution in [2.75, 3.05) is 13.2 Å². The molecule has 0 amide bonds. The van der Waals surface area contributed by atoms with E-state index in [-0.39, 0.29) is 31.6 Å². The van der Waals surface area contributed by atoms with Crippen LogP contribution in [0.3, 0.4) is 0 Å². The summed E-state index contributed by atoms with van der Waals surface area (Å²) < 4.78 is 16.7. The second kappa shape index (κ2) is 60.6. The van der Waals surface area contributed by atoms with Gasteiger partial charge in [-0.2, -0.15) is 0 Å². The molecule has 0 heterocycles. The Morgan fingerprint density at radius 1 is 0.284 bits per heavy atom. The van der Waals surface area contributed by atoms with Gasteiger partial charge in [0.15, 0.2) is 6.10 Å². The first-order valence-electron chi connectivity index (χ1n) is 29.5. The van der Waals surface area contributed by atoms with E-state index in [0.717, 1.165) is 141 Å². The van der Waals surface area contributed by atoms with E-state index in [1.54, 1.807) is 0 Å². The quantitative estimate of drug-likeness (QED) is 0.0261. The van der Waals surface area contributed by atoms with Crippen LogP contribution in [0.5, 0.6) is 0 Å². The molecule has 0 aromatic carbocycles. The number of carbonyl (C=O) groups excluding carboxylic acids is 3. The molecule has 0 N–H and O–H groups in total. The summed E-state index contributed by atoms with van der Waals surface area (Å²) in [5.74, 6) is -1.03. The number of unbranched alkanes of at least 4 members (excludes halogenated alkanes) is 14. The van der Waals surface area contributed by atoms with Crippen LogP contribution in [0.2, 0.25) is 0 Å². The second-order valence-electron chi connectivity index (χ2n) is 18.8. The maximum absolute atomic E-state index is 12.8. The van der Waals surface area contributed by atoms with Crippen LogP contribution in [0.4, 0.5) is 0 Å². The third-order valence-corrected chi connectivity index (χ3v) is 11.8. The summed E-state index contributed by atoms with van der Waals surface area (Å²) in [5, 5.41) is 0. The molecule has 0 saturated carbocycles. The van der Waals surface area contributed by atoms with Crippen molar-refractivity contribution in [1.82, 2.24) is 0 Å². The van der Waals surface area contributed by atoms with Crippen molar-refractivity contribution in [2.45, 2.75) is 239 Å². The summed E-state index contributed by atoms with van der Waals surface area (Å²) in [6.45, 7) is 6.30. The van der Waals surface area contributed by atoms with E-state index in [9.17, 15) is 14.4 Å². The van der Waals surface area contributed by atoms with Crippen LogP contribution in [-0.2, 0) is 28.6 Å². The van der Waals surface area contributed by atoms with E-state index in [0.29, 0.717) is 19.3 Å². The van der Waals surface area contributed by atoms with Gasteiger partial charge in [0.05, 0.1) is 0 Å². The molecule has 1 atom stereocenters. The van der Waals surface area contributed by atoms with Crippen molar-refractivity contribution in [3.63, 3.8) is 0 Å². The lowest BCUT2D eigenvalue weighted by atomic mass is 10.1. The lowest BCUT2D eigenvalue weighted by molar-refractivity contribution is -0.166. The number of hydrogen-bond acceptors (Lipinski definition) is 6. The number of rotatable bonds is 51. The largest absolute Gasteiger partial charge is 0.462 e. The van der Waals surface area contributed by atoms with Crippen LogP contribution in [0, 0.1) is 0 Å². The zero-order valence-electron chi connectivity index (χ0n) is 47.3. The number of esters is 3. The zero-order chi connectivity index (χ0) is 53.6. The lowest BCUT2D eigenvalue weighted by Gasteiger charge is -2.18. The highest BCUT2D eigenvalue weighted by Crippen LogP contribution is 2.13. The summed E-state index contributed by atoms with van der Waals surface area (Å²) in [6.07, 6.45) is 88.2. The minimum atomic E-state index is -0.833. The van der Waals surface area contributed by atoms with Crippen molar-refractivity contribution < 1.29 is 28.6 Å². The van der Waals surface area contributed by atoms with Gasteiger partial charge in [-0.15, -0.1) is 0 Å². The Balaban J connectivity index is 4.45. The normalized spacial score (nSPS) is 13.3. The molecule has 0 aliphatic carbocycles. The predicted octanol–water partition coefficient (Wildman–Crippen LogP) is 20.1. The van der Waals surface area contributed by atoms with E-state index in [2.05, 4.69) is 167 Å². The smallest absolute Gasteiger partial charge is 0.306 e. The lowest BCUT2D eigenvalue weighted by Crippen LogP contribution is -2.30. The van der Waals surface area contributed by atoms with Crippen LogP contribution < -0.4 is 0 Å². The first-order chi connectivity index (χ1) is 36.5. The molecule has 0 saturated heterocycles. The summed E-state index contributed by atoms with van der Waals surface area (Å²) in [6, 6.07) is 0. The van der Waals surface area contributed by atoms with E-state index in [1.807, 2.05) is 12.2 Å². The Bertz CT molecular complexity index is 1690. The Kier molecular flexibility index (Phi) is 56.5. The Morgan fingerprint density at radius 3 is 0.878 bits per heavy atom. The van der Waals surface area contributed by atoms with Crippen LogP contribution in [0.1, 0.15) is 233 Å². The Labute approximate surface area is 454 Å². The standard InChI is InChI=1S/C68H106O6/c1-4-7-10-13-16-19-22-24-26-28-30-31-32-33-34-35-36-37-39-40-42-44-46-49-52-55-58-61-67(70)73-64-65(63-72-66(69)60-57-54-51-48-21-18-15-12-9-6-3)74-68(71)62-59-56-53-50-47-45-43-41-38-29-27-25-23-20-17-14-11-8-5-2/h7-8,10-11,16-17,19-20,24-27,30-31,33-34,36-38,40-42,45,47,53,56,65H,4-6,9,12-15,18,21-23,28-29,32,35,39,43-44,46,48-52,54-55,57-64H2,1-3H3/b10-7-,11-8-,19-16-,20-17-,26-24-,27-25-,31-30-,34-33-,37-36-,41-38-,42-40-,47-45-,56-53-. The summed E-state index contributed by atoms with van der Waals surface area (Å²) in [5.41, 5.74) is 0. The van der Waals surface area contributed by atoms with Gasteiger partial charge in [0, 0.05) is 19.3 Å². The van der Waals surface area contributed by atoms with Gasteiger partial charge in [0.25, 0.3) is 0 Å². The molecule has 0 aromatic rings. The van der Waals surface area contributed by atoms with Crippen LogP contribution >= 0.6 is 0 Å². The van der Waals surface area contributed by atoms with Crippen LogP contribution in [-0.4, -0.2) is 37.2 Å². The number of carbonyl (C=O) groups is 3. The van der Waals surface area contributed by atoms with Crippen molar-refractivity contribution in [3.8, 4) is 0 Å². The van der Waals surface area contributed by atoms with Gasteiger partial charge in [-0.25, -0.2) is 0 Å². The highest BCUT2D eigenvalue weighted by atomic mass is 16.6. The van der Waals surface area contributed by atoms with Gasteiger partial charge in [0.2, 0.25) is 0 Å². The second-order valence-corrected chi connectivity index (χ2v) is 18.8. The maximum Gasteiger partial charge on any atom is 0.306 e. The molecule has 1 unspecified atom stereocenters. The average Bonchev–Trinajstić information content (AvgIpc) is 3.40. The molecule has 0 spiro atoms. The molecular weight excluding hydrogens is 913 g/mol. The summed E-state index contributed by atoms with van der Waals surface area (Å²) in [7, 11) is 0. The van der Waals surface area contributed by atoms with Gasteiger partial charge in [-0.1, -0.05) is 256 Å². The fourth-order valence-electron chi connectivity index (χ4n) is 7.45. The van der Waals surface area contributed by atoms with Gasteiger partial charge in [-0.05, 0) is 116 Å². The third-order valence-electron chi connectivity index (χ3n) is 11.8. The number of ether oxygens (including phenoxy) is 3. The highest BCUT2D eigenvalue weighted by Gasteiger charge is 2.19. The monoisotopic (exact) mass is 1020 g/mol. The number of hydrogen-bond donors (Lipinski definition) is 0. The van der Waals surface area contributed by atoms with Gasteiger partial charge in [0.1, 0.15) is 13.2 Å². The Hall–Kier alpha value is -4.97. The minimum absolute atomic E-state index is 0.120. The molecule has 0 aromatic heterocycles. The third kappa shape index (κ3) is 57.9. The molecule has 0 aliphatic heterocycles. The van der Waals surface area contributed by atoms with E-state index < -0.39 is 12.1 Å². The van der Waals surface area contributed by atoms with E-state index in [1.165, 1.54) is 44.9 Å². The molecular formula is C68H106O6. The van der Waals surface area contributed by atoms with Crippen molar-refractivity contribution in [1.29, 1.82) is 0 Å². The fourth-order valence-corrected chi connectivity index (χ4v) is 7.45. The SMILES string of the molecule is CC/C=C\C/C=C\C/C=C\C/C=C\C/C=C\C/C=C\C/C=C\CCCCCCCC(=O)OCC(COC(=O)CCCCCCCCCCCC)OC(=O)CC/C=C\C/C=C\C/C=C\C/C=C\C/C=C\C/C=C\CC. The van der Waals surface area contributed by atoms with Crippen LogP contribution in [0.15, 0.2) is 158 Å². The van der Waals surface area contributed by atoms with Gasteiger partial charge >= 0.3 is 17.9 Å². The number of allylic oxidation sites excluding steroid dienone is 26. The molecule has 6 heteroatoms. The van der Waals surface area contributed by atoms with Gasteiger partial charge < -0.3 is 14.2 Å². The molecule has 6 nitrogen and oxygen atoms in total. The summed E-state index contributed by atoms with van der Waals surface area (Å²) >= 11 is 0. The van der Waals surface area contributed by atoms with Crippen molar-refractivity contribution in [3.05, 3.63) is 158 Å². The fraction of sp³-hybridized carbons (Fsp3) is 0.574. The molecule has 74 heavy (non-hydrogen) atoms. The summed E-state index contributed by atoms with van der Waals surface area (Å²) in [4.78, 5) is 38.1. The molecule has 0 bridgehead atoms. The molecule has 0 fully saturated rings. The molecule has 0 aliphatic rings. The molecule has 0 radical (unpaired) electrons. The molecule has 0 rings (SSSR count). The minimum Gasteiger partial charge on any atom is -0.462 e.